The molecule has 150 valence electrons. The van der Waals surface area contributed by atoms with Crippen molar-refractivity contribution in [1.82, 2.24) is 4.90 Å². The Bertz CT molecular complexity index is 845. The average molecular weight is 408 g/mol. The summed E-state index contributed by atoms with van der Waals surface area (Å²) < 4.78 is 30.2. The van der Waals surface area contributed by atoms with E-state index in [0.717, 1.165) is 5.56 Å². The lowest BCUT2D eigenvalue weighted by Gasteiger charge is -2.33. The van der Waals surface area contributed by atoms with Crippen LogP contribution in [-0.4, -0.2) is 50.3 Å². The summed E-state index contributed by atoms with van der Waals surface area (Å²) in [5, 5.41) is 0.688. The van der Waals surface area contributed by atoms with Gasteiger partial charge in [-0.25, -0.2) is 4.39 Å². The maximum atomic E-state index is 13.8. The summed E-state index contributed by atoms with van der Waals surface area (Å²) in [6.07, 6.45) is -0.0912. The fourth-order valence-electron chi connectivity index (χ4n) is 3.05. The van der Waals surface area contributed by atoms with E-state index in [4.69, 9.17) is 25.8 Å². The van der Waals surface area contributed by atoms with E-state index in [2.05, 4.69) is 0 Å². The van der Waals surface area contributed by atoms with E-state index in [9.17, 15) is 9.18 Å². The minimum atomic E-state index is -0.473. The third kappa shape index (κ3) is 5.14. The molecule has 7 heteroatoms. The molecule has 1 aliphatic rings. The highest BCUT2D eigenvalue weighted by Crippen LogP contribution is 2.22. The lowest BCUT2D eigenvalue weighted by molar-refractivity contribution is -0.139. The molecular weight excluding hydrogens is 385 g/mol. The predicted octanol–water partition coefficient (Wildman–Crippen LogP) is 3.65. The van der Waals surface area contributed by atoms with Crippen LogP contribution in [0.2, 0.25) is 5.02 Å². The lowest BCUT2D eigenvalue weighted by atomic mass is 10.1. The standard InChI is InChI=1S/C21H23ClFNO4/c1-14-9-16(4-5-18(14)22)28-13-17-12-24(7-8-27-17)21(25)11-15-3-6-20(26-2)19(23)10-15/h3-6,9-10,17H,7-8,11-13H2,1-2H3. The van der Waals surface area contributed by atoms with Gasteiger partial charge in [-0.05, 0) is 48.4 Å². The minimum Gasteiger partial charge on any atom is -0.494 e. The molecule has 5 nitrogen and oxygen atoms in total. The van der Waals surface area contributed by atoms with Crippen molar-refractivity contribution >= 4 is 17.5 Å². The molecule has 0 aliphatic carbocycles. The molecule has 1 saturated heterocycles. The van der Waals surface area contributed by atoms with Gasteiger partial charge in [0.1, 0.15) is 18.5 Å². The molecule has 1 fully saturated rings. The topological polar surface area (TPSA) is 48.0 Å². The number of amides is 1. The fraction of sp³-hybridized carbons (Fsp3) is 0.381. The number of rotatable bonds is 6. The molecule has 0 radical (unpaired) electrons. The number of methoxy groups -OCH3 is 1. The Morgan fingerprint density at radius 1 is 1.32 bits per heavy atom. The highest BCUT2D eigenvalue weighted by molar-refractivity contribution is 6.31. The van der Waals surface area contributed by atoms with E-state index in [1.54, 1.807) is 23.1 Å². The van der Waals surface area contributed by atoms with Crippen molar-refractivity contribution < 1.29 is 23.4 Å². The largest absolute Gasteiger partial charge is 0.494 e. The van der Waals surface area contributed by atoms with Gasteiger partial charge in [-0.3, -0.25) is 4.79 Å². The van der Waals surface area contributed by atoms with Crippen molar-refractivity contribution in [3.05, 3.63) is 58.4 Å². The van der Waals surface area contributed by atoms with E-state index in [0.29, 0.717) is 42.6 Å². The summed E-state index contributed by atoms with van der Waals surface area (Å²) in [5.74, 6) is 0.333. The van der Waals surface area contributed by atoms with Gasteiger partial charge in [-0.2, -0.15) is 0 Å². The van der Waals surface area contributed by atoms with E-state index in [-0.39, 0.29) is 24.2 Å². The van der Waals surface area contributed by atoms with Crippen molar-refractivity contribution in [2.45, 2.75) is 19.4 Å². The SMILES string of the molecule is COc1ccc(CC(=O)N2CCOC(COc3ccc(Cl)c(C)c3)C2)cc1F. The van der Waals surface area contributed by atoms with Crippen LogP contribution in [0.3, 0.4) is 0 Å². The molecule has 2 aromatic rings. The summed E-state index contributed by atoms with van der Waals surface area (Å²) in [5.41, 5.74) is 1.55. The first-order chi connectivity index (χ1) is 13.5. The van der Waals surface area contributed by atoms with Gasteiger partial charge in [0.25, 0.3) is 0 Å². The molecule has 0 spiro atoms. The zero-order chi connectivity index (χ0) is 20.1. The zero-order valence-electron chi connectivity index (χ0n) is 15.9. The minimum absolute atomic E-state index is 0.0693. The molecule has 1 aliphatic heterocycles. The summed E-state index contributed by atoms with van der Waals surface area (Å²) >= 11 is 6.02. The molecule has 1 amide bonds. The molecule has 2 aromatic carbocycles. The Balaban J connectivity index is 1.54. The van der Waals surface area contributed by atoms with E-state index < -0.39 is 5.82 Å². The summed E-state index contributed by atoms with van der Waals surface area (Å²) in [7, 11) is 1.41. The van der Waals surface area contributed by atoms with Gasteiger partial charge >= 0.3 is 0 Å². The van der Waals surface area contributed by atoms with E-state index >= 15 is 0 Å². The van der Waals surface area contributed by atoms with Gasteiger partial charge in [0.2, 0.25) is 5.91 Å². The van der Waals surface area contributed by atoms with Gasteiger partial charge in [0.15, 0.2) is 11.6 Å². The molecule has 0 N–H and O–H groups in total. The van der Waals surface area contributed by atoms with Crippen molar-refractivity contribution in [2.75, 3.05) is 33.4 Å². The number of nitrogens with zero attached hydrogens (tertiary/aromatic N) is 1. The molecule has 0 aromatic heterocycles. The number of ether oxygens (including phenoxy) is 3. The number of morpholine rings is 1. The number of carbonyl (C=O) groups excluding carboxylic acids is 1. The molecule has 1 atom stereocenters. The number of hydrogen-bond donors (Lipinski definition) is 0. The number of hydrogen-bond acceptors (Lipinski definition) is 4. The third-order valence-corrected chi connectivity index (χ3v) is 5.05. The van der Waals surface area contributed by atoms with Crippen LogP contribution in [0.5, 0.6) is 11.5 Å². The van der Waals surface area contributed by atoms with Crippen LogP contribution in [0.15, 0.2) is 36.4 Å². The quantitative estimate of drug-likeness (QED) is 0.733. The number of aryl methyl sites for hydroxylation is 1. The van der Waals surface area contributed by atoms with Crippen LogP contribution in [0, 0.1) is 12.7 Å². The van der Waals surface area contributed by atoms with Crippen LogP contribution < -0.4 is 9.47 Å². The predicted molar refractivity (Wildman–Crippen MR) is 105 cm³/mol. The Kier molecular flexibility index (Phi) is 6.75. The molecule has 1 heterocycles. The summed E-state index contributed by atoms with van der Waals surface area (Å²) in [6, 6.07) is 10.0. The first-order valence-electron chi connectivity index (χ1n) is 9.07. The van der Waals surface area contributed by atoms with E-state index in [1.165, 1.54) is 19.2 Å². The average Bonchev–Trinajstić information content (AvgIpc) is 2.69. The molecule has 0 saturated carbocycles. The number of halogens is 2. The molecule has 0 bridgehead atoms. The van der Waals surface area contributed by atoms with Gasteiger partial charge in [0, 0.05) is 11.6 Å². The van der Waals surface area contributed by atoms with Gasteiger partial charge in [-0.1, -0.05) is 17.7 Å². The summed E-state index contributed by atoms with van der Waals surface area (Å²) in [4.78, 5) is 14.3. The second kappa shape index (κ2) is 9.26. The van der Waals surface area contributed by atoms with Crippen molar-refractivity contribution in [1.29, 1.82) is 0 Å². The number of benzene rings is 2. The zero-order valence-corrected chi connectivity index (χ0v) is 16.7. The van der Waals surface area contributed by atoms with Crippen LogP contribution in [0.1, 0.15) is 11.1 Å². The highest BCUT2D eigenvalue weighted by Gasteiger charge is 2.25. The molecule has 28 heavy (non-hydrogen) atoms. The summed E-state index contributed by atoms with van der Waals surface area (Å²) in [6.45, 7) is 3.63. The second-order valence-electron chi connectivity index (χ2n) is 6.70. The van der Waals surface area contributed by atoms with E-state index in [1.807, 2.05) is 13.0 Å². The maximum Gasteiger partial charge on any atom is 0.227 e. The second-order valence-corrected chi connectivity index (χ2v) is 7.11. The van der Waals surface area contributed by atoms with Crippen LogP contribution >= 0.6 is 11.6 Å². The van der Waals surface area contributed by atoms with Gasteiger partial charge in [-0.15, -0.1) is 0 Å². The molecule has 3 rings (SSSR count). The van der Waals surface area contributed by atoms with Crippen molar-refractivity contribution in [3.8, 4) is 11.5 Å². The van der Waals surface area contributed by atoms with Gasteiger partial charge in [0.05, 0.1) is 26.7 Å². The Hall–Kier alpha value is -2.31. The Labute approximate surface area is 168 Å². The first kappa shape index (κ1) is 20.4. The molecular formula is C21H23ClFNO4. The number of carbonyl (C=O) groups is 1. The van der Waals surface area contributed by atoms with Gasteiger partial charge < -0.3 is 19.1 Å². The monoisotopic (exact) mass is 407 g/mol. The van der Waals surface area contributed by atoms with Crippen LogP contribution in [0.25, 0.3) is 0 Å². The highest BCUT2D eigenvalue weighted by atomic mass is 35.5. The first-order valence-corrected chi connectivity index (χ1v) is 9.45. The van der Waals surface area contributed by atoms with Crippen LogP contribution in [-0.2, 0) is 16.0 Å². The van der Waals surface area contributed by atoms with Crippen molar-refractivity contribution in [3.63, 3.8) is 0 Å². The third-order valence-electron chi connectivity index (χ3n) is 4.63. The molecule has 1 unspecified atom stereocenters. The van der Waals surface area contributed by atoms with Crippen LogP contribution in [0.4, 0.5) is 4.39 Å². The maximum absolute atomic E-state index is 13.8. The normalized spacial score (nSPS) is 16.7. The smallest absolute Gasteiger partial charge is 0.227 e. The Morgan fingerprint density at radius 3 is 2.86 bits per heavy atom. The Morgan fingerprint density at radius 2 is 2.14 bits per heavy atom. The lowest BCUT2D eigenvalue weighted by Crippen LogP contribution is -2.48. The van der Waals surface area contributed by atoms with Crippen molar-refractivity contribution in [2.24, 2.45) is 0 Å². The fourth-order valence-corrected chi connectivity index (χ4v) is 3.17.